The minimum absolute atomic E-state index is 0. The van der Waals surface area contributed by atoms with Gasteiger partial charge in [0.2, 0.25) is 0 Å². The van der Waals surface area contributed by atoms with Crippen LogP contribution in [0.15, 0.2) is 72.0 Å². The molecule has 7 nitrogen and oxygen atoms in total. The van der Waals surface area contributed by atoms with E-state index in [9.17, 15) is 0 Å². The predicted molar refractivity (Wildman–Crippen MR) is 139 cm³/mol. The number of aromatic nitrogens is 2. The number of methoxy groups -OCH3 is 1. The molecule has 32 heavy (non-hydrogen) atoms. The zero-order chi connectivity index (χ0) is 21.7. The van der Waals surface area contributed by atoms with Gasteiger partial charge >= 0.3 is 0 Å². The maximum atomic E-state index is 5.69. The molecule has 0 spiro atoms. The summed E-state index contributed by atoms with van der Waals surface area (Å²) in [4.78, 5) is 4.74. The lowest BCUT2D eigenvalue weighted by atomic mass is 10.1. The van der Waals surface area contributed by atoms with Crippen LogP contribution >= 0.6 is 24.0 Å². The number of hydrogen-bond donors (Lipinski definition) is 2. The van der Waals surface area contributed by atoms with Gasteiger partial charge in [0.05, 0.1) is 19.7 Å². The molecule has 0 atom stereocenters. The molecule has 1 heterocycles. The second-order valence-corrected chi connectivity index (χ2v) is 7.01. The Bertz CT molecular complexity index is 947. The quantitative estimate of drug-likeness (QED) is 0.165. The highest BCUT2D eigenvalue weighted by Crippen LogP contribution is 2.14. The first-order valence-corrected chi connectivity index (χ1v) is 10.6. The number of nitrogens with one attached hydrogen (secondary N) is 2. The third kappa shape index (κ3) is 8.51. The van der Waals surface area contributed by atoms with E-state index in [1.54, 1.807) is 13.3 Å². The second kappa shape index (κ2) is 14.5. The maximum absolute atomic E-state index is 5.69. The molecule has 172 valence electrons. The van der Waals surface area contributed by atoms with Crippen LogP contribution in [0.1, 0.15) is 23.6 Å². The monoisotopic (exact) mass is 549 g/mol. The molecule has 2 aromatic carbocycles. The average molecular weight is 549 g/mol. The van der Waals surface area contributed by atoms with Gasteiger partial charge < -0.3 is 20.1 Å². The van der Waals surface area contributed by atoms with E-state index in [1.165, 1.54) is 11.1 Å². The Hall–Kier alpha value is -2.59. The second-order valence-electron chi connectivity index (χ2n) is 7.01. The van der Waals surface area contributed by atoms with Gasteiger partial charge in [-0.05, 0) is 41.8 Å². The molecule has 0 amide bonds. The molecule has 3 aromatic rings. The van der Waals surface area contributed by atoms with Crippen molar-refractivity contribution in [3.8, 4) is 5.75 Å². The van der Waals surface area contributed by atoms with Crippen LogP contribution in [-0.2, 0) is 24.4 Å². The van der Waals surface area contributed by atoms with Crippen LogP contribution < -0.4 is 15.4 Å². The smallest absolute Gasteiger partial charge is 0.191 e. The van der Waals surface area contributed by atoms with Gasteiger partial charge in [-0.2, -0.15) is 5.10 Å². The number of halogens is 1. The zero-order valence-corrected chi connectivity index (χ0v) is 21.0. The summed E-state index contributed by atoms with van der Waals surface area (Å²) in [6, 6.07) is 18.3. The van der Waals surface area contributed by atoms with Gasteiger partial charge in [-0.25, -0.2) is 4.99 Å². The summed E-state index contributed by atoms with van der Waals surface area (Å²) in [5, 5.41) is 11.1. The van der Waals surface area contributed by atoms with Gasteiger partial charge in [-0.1, -0.05) is 36.4 Å². The molecule has 0 aliphatic carbocycles. The van der Waals surface area contributed by atoms with Crippen LogP contribution in [0.4, 0.5) is 0 Å². The fourth-order valence-electron chi connectivity index (χ4n) is 3.12. The third-order valence-corrected chi connectivity index (χ3v) is 4.67. The van der Waals surface area contributed by atoms with Crippen LogP contribution in [-0.4, -0.2) is 42.6 Å². The van der Waals surface area contributed by atoms with E-state index in [-0.39, 0.29) is 24.0 Å². The first kappa shape index (κ1) is 25.7. The summed E-state index contributed by atoms with van der Waals surface area (Å²) < 4.78 is 12.7. The fraction of sp³-hybridized carbons (Fsp3) is 0.333. The number of aliphatic imine (C=N–C) groups is 1. The van der Waals surface area contributed by atoms with Crippen molar-refractivity contribution < 1.29 is 9.47 Å². The van der Waals surface area contributed by atoms with Gasteiger partial charge in [-0.15, -0.1) is 24.0 Å². The van der Waals surface area contributed by atoms with Crippen molar-refractivity contribution >= 4 is 29.9 Å². The third-order valence-electron chi connectivity index (χ3n) is 4.67. The summed E-state index contributed by atoms with van der Waals surface area (Å²) >= 11 is 0. The number of guanidine groups is 1. The molecular weight excluding hydrogens is 517 g/mol. The Kier molecular flexibility index (Phi) is 11.6. The largest absolute Gasteiger partial charge is 0.491 e. The van der Waals surface area contributed by atoms with E-state index in [1.807, 2.05) is 35.1 Å². The van der Waals surface area contributed by atoms with E-state index in [0.717, 1.165) is 30.4 Å². The van der Waals surface area contributed by atoms with Gasteiger partial charge in [0.1, 0.15) is 12.4 Å². The first-order chi connectivity index (χ1) is 15.3. The molecule has 8 heteroatoms. The summed E-state index contributed by atoms with van der Waals surface area (Å²) in [7, 11) is 1.67. The highest BCUT2D eigenvalue weighted by Gasteiger charge is 2.05. The molecule has 0 aliphatic heterocycles. The van der Waals surface area contributed by atoms with Gasteiger partial charge in [0.15, 0.2) is 5.96 Å². The van der Waals surface area contributed by atoms with E-state index in [0.29, 0.717) is 26.3 Å². The van der Waals surface area contributed by atoms with Crippen LogP contribution in [0.2, 0.25) is 0 Å². The number of rotatable bonds is 11. The Morgan fingerprint density at radius 1 is 1.03 bits per heavy atom. The molecule has 0 unspecified atom stereocenters. The SMILES string of the molecule is CCNC(=NCc1cccc(OCCOC)c1)NCc1ccccc1Cn1cccn1.I. The van der Waals surface area contributed by atoms with Crippen LogP contribution in [0, 0.1) is 0 Å². The Morgan fingerprint density at radius 3 is 2.62 bits per heavy atom. The van der Waals surface area contributed by atoms with Crippen LogP contribution in [0.3, 0.4) is 0 Å². The summed E-state index contributed by atoms with van der Waals surface area (Å²) in [6.07, 6.45) is 3.78. The topological polar surface area (TPSA) is 72.7 Å². The Balaban J connectivity index is 0.00000363. The van der Waals surface area contributed by atoms with E-state index < -0.39 is 0 Å². The van der Waals surface area contributed by atoms with Gasteiger partial charge in [0.25, 0.3) is 0 Å². The number of nitrogens with zero attached hydrogens (tertiary/aromatic N) is 3. The highest BCUT2D eigenvalue weighted by molar-refractivity contribution is 14.0. The van der Waals surface area contributed by atoms with Crippen molar-refractivity contribution in [1.82, 2.24) is 20.4 Å². The summed E-state index contributed by atoms with van der Waals surface area (Å²) in [5.41, 5.74) is 3.54. The number of hydrogen-bond acceptors (Lipinski definition) is 4. The average Bonchev–Trinajstić information content (AvgIpc) is 3.30. The lowest BCUT2D eigenvalue weighted by Crippen LogP contribution is -2.37. The van der Waals surface area contributed by atoms with Crippen molar-refractivity contribution in [3.63, 3.8) is 0 Å². The Labute approximate surface area is 207 Å². The van der Waals surface area contributed by atoms with Crippen molar-refractivity contribution in [2.24, 2.45) is 4.99 Å². The molecule has 0 radical (unpaired) electrons. The fourth-order valence-corrected chi connectivity index (χ4v) is 3.12. The van der Waals surface area contributed by atoms with Crippen molar-refractivity contribution in [2.75, 3.05) is 26.9 Å². The molecular formula is C24H32IN5O2. The number of benzene rings is 2. The lowest BCUT2D eigenvalue weighted by Gasteiger charge is -2.14. The Morgan fingerprint density at radius 2 is 1.88 bits per heavy atom. The van der Waals surface area contributed by atoms with Crippen LogP contribution in [0.25, 0.3) is 0 Å². The molecule has 1 aromatic heterocycles. The first-order valence-electron chi connectivity index (χ1n) is 10.6. The molecule has 3 rings (SSSR count). The minimum Gasteiger partial charge on any atom is -0.491 e. The van der Waals surface area contributed by atoms with Gasteiger partial charge in [-0.3, -0.25) is 4.68 Å². The lowest BCUT2D eigenvalue weighted by molar-refractivity contribution is 0.146. The standard InChI is InChI=1S/C24H31N5O2.HI/c1-3-25-24(26-17-20-8-6-11-23(16-20)31-15-14-30-2)27-18-21-9-4-5-10-22(21)19-29-13-7-12-28-29;/h4-13,16H,3,14-15,17-19H2,1-2H3,(H2,25,26,27);1H. The molecule has 2 N–H and O–H groups in total. The normalized spacial score (nSPS) is 11.0. The molecule has 0 saturated heterocycles. The summed E-state index contributed by atoms with van der Waals surface area (Å²) in [5.74, 6) is 1.61. The molecule has 0 bridgehead atoms. The zero-order valence-electron chi connectivity index (χ0n) is 18.7. The van der Waals surface area contributed by atoms with Crippen LogP contribution in [0.5, 0.6) is 5.75 Å². The molecule has 0 saturated carbocycles. The van der Waals surface area contributed by atoms with Crippen molar-refractivity contribution in [3.05, 3.63) is 83.7 Å². The van der Waals surface area contributed by atoms with E-state index in [2.05, 4.69) is 53.0 Å². The van der Waals surface area contributed by atoms with Gasteiger partial charge in [0, 0.05) is 32.6 Å². The predicted octanol–water partition coefficient (Wildman–Crippen LogP) is 3.83. The van der Waals surface area contributed by atoms with E-state index >= 15 is 0 Å². The molecule has 0 aliphatic rings. The van der Waals surface area contributed by atoms with Crippen molar-refractivity contribution in [2.45, 2.75) is 26.6 Å². The van der Waals surface area contributed by atoms with E-state index in [4.69, 9.17) is 14.5 Å². The number of ether oxygens (including phenoxy) is 2. The van der Waals surface area contributed by atoms with Crippen molar-refractivity contribution in [1.29, 1.82) is 0 Å². The highest BCUT2D eigenvalue weighted by atomic mass is 127. The molecule has 0 fully saturated rings. The maximum Gasteiger partial charge on any atom is 0.191 e. The summed E-state index contributed by atoms with van der Waals surface area (Å²) in [6.45, 7) is 5.95. The minimum atomic E-state index is 0.